The van der Waals surface area contributed by atoms with Gasteiger partial charge >= 0.3 is 0 Å². The van der Waals surface area contributed by atoms with Crippen molar-refractivity contribution in [1.82, 2.24) is 5.32 Å². The first kappa shape index (κ1) is 17.3. The molecule has 4 N–H and O–H groups in total. The Bertz CT molecular complexity index is 520. The van der Waals surface area contributed by atoms with Crippen molar-refractivity contribution in [2.45, 2.75) is 33.3 Å². The van der Waals surface area contributed by atoms with E-state index < -0.39 is 0 Å². The van der Waals surface area contributed by atoms with E-state index in [1.165, 1.54) is 11.3 Å². The van der Waals surface area contributed by atoms with Gasteiger partial charge in [0, 0.05) is 13.1 Å². The van der Waals surface area contributed by atoms with Crippen LogP contribution in [-0.4, -0.2) is 31.7 Å². The van der Waals surface area contributed by atoms with Gasteiger partial charge in [0.1, 0.15) is 21.5 Å². The van der Waals surface area contributed by atoms with Crippen molar-refractivity contribution in [1.29, 1.82) is 5.26 Å². The van der Waals surface area contributed by atoms with Crippen LogP contribution in [0.3, 0.4) is 0 Å². The Morgan fingerprint density at radius 3 is 2.76 bits per heavy atom. The summed E-state index contributed by atoms with van der Waals surface area (Å²) in [5.41, 5.74) is 6.46. The van der Waals surface area contributed by atoms with Crippen molar-refractivity contribution in [2.24, 2.45) is 0 Å². The fraction of sp³-hybridized carbons (Fsp3) is 0.571. The molecule has 21 heavy (non-hydrogen) atoms. The number of nitrogens with zero attached hydrogens (tertiary/aromatic N) is 1. The third-order valence-corrected chi connectivity index (χ3v) is 3.80. The van der Waals surface area contributed by atoms with Gasteiger partial charge in [0.15, 0.2) is 0 Å². The SMILES string of the molecule is CCCNC(=O)c1sc(NCCOC(C)C)c(C#N)c1N. The van der Waals surface area contributed by atoms with Crippen LogP contribution < -0.4 is 16.4 Å². The molecule has 0 bridgehead atoms. The summed E-state index contributed by atoms with van der Waals surface area (Å²) >= 11 is 1.20. The van der Waals surface area contributed by atoms with Crippen LogP contribution in [0.25, 0.3) is 0 Å². The molecule has 1 amide bonds. The van der Waals surface area contributed by atoms with E-state index in [0.29, 0.717) is 35.1 Å². The Labute approximate surface area is 129 Å². The van der Waals surface area contributed by atoms with E-state index in [1.54, 1.807) is 0 Å². The molecule has 7 heteroatoms. The van der Waals surface area contributed by atoms with E-state index in [2.05, 4.69) is 10.6 Å². The summed E-state index contributed by atoms with van der Waals surface area (Å²) in [5, 5.41) is 15.7. The predicted octanol–water partition coefficient (Wildman–Crippen LogP) is 2.18. The number of nitrogen functional groups attached to an aromatic ring is 1. The number of amides is 1. The monoisotopic (exact) mass is 310 g/mol. The zero-order chi connectivity index (χ0) is 15.8. The summed E-state index contributed by atoms with van der Waals surface area (Å²) in [6, 6.07) is 2.05. The summed E-state index contributed by atoms with van der Waals surface area (Å²) < 4.78 is 5.42. The van der Waals surface area contributed by atoms with Crippen LogP contribution in [-0.2, 0) is 4.74 Å². The maximum Gasteiger partial charge on any atom is 0.263 e. The number of anilines is 2. The Morgan fingerprint density at radius 2 is 2.19 bits per heavy atom. The molecule has 1 aromatic heterocycles. The minimum Gasteiger partial charge on any atom is -0.396 e. The number of hydrogen-bond acceptors (Lipinski definition) is 6. The second-order valence-electron chi connectivity index (χ2n) is 4.76. The lowest BCUT2D eigenvalue weighted by Crippen LogP contribution is -2.23. The highest BCUT2D eigenvalue weighted by Gasteiger charge is 2.20. The van der Waals surface area contributed by atoms with Crippen molar-refractivity contribution < 1.29 is 9.53 Å². The van der Waals surface area contributed by atoms with Gasteiger partial charge in [-0.3, -0.25) is 4.79 Å². The number of carbonyl (C=O) groups excluding carboxylic acids is 1. The molecule has 0 aliphatic carbocycles. The number of nitriles is 1. The molecule has 1 rings (SSSR count). The molecule has 0 unspecified atom stereocenters. The number of thiophene rings is 1. The standard InChI is InChI=1S/C14H22N4O2S/c1-4-5-17-13(19)12-11(16)10(8-15)14(21-12)18-6-7-20-9(2)3/h9,18H,4-7,16H2,1-3H3,(H,17,19). The number of carbonyl (C=O) groups is 1. The molecule has 0 fully saturated rings. The smallest absolute Gasteiger partial charge is 0.263 e. The Balaban J connectivity index is 2.76. The zero-order valence-electron chi connectivity index (χ0n) is 12.7. The molecule has 0 saturated carbocycles. The third-order valence-electron chi connectivity index (χ3n) is 2.64. The molecule has 0 atom stereocenters. The zero-order valence-corrected chi connectivity index (χ0v) is 13.5. The molecule has 0 saturated heterocycles. The Morgan fingerprint density at radius 1 is 1.48 bits per heavy atom. The van der Waals surface area contributed by atoms with Crippen molar-refractivity contribution in [2.75, 3.05) is 30.7 Å². The van der Waals surface area contributed by atoms with Gasteiger partial charge in [-0.05, 0) is 20.3 Å². The van der Waals surface area contributed by atoms with Crippen LogP contribution in [0.2, 0.25) is 0 Å². The van der Waals surface area contributed by atoms with E-state index >= 15 is 0 Å². The summed E-state index contributed by atoms with van der Waals surface area (Å²) in [7, 11) is 0. The van der Waals surface area contributed by atoms with E-state index in [-0.39, 0.29) is 17.7 Å². The van der Waals surface area contributed by atoms with Crippen LogP contribution in [0.15, 0.2) is 0 Å². The molecule has 0 spiro atoms. The van der Waals surface area contributed by atoms with E-state index in [0.717, 1.165) is 6.42 Å². The average Bonchev–Trinajstić information content (AvgIpc) is 2.77. The summed E-state index contributed by atoms with van der Waals surface area (Å²) in [6.07, 6.45) is 1.01. The van der Waals surface area contributed by atoms with Gasteiger partial charge in [0.05, 0.1) is 18.4 Å². The first-order valence-corrected chi connectivity index (χ1v) is 7.78. The second-order valence-corrected chi connectivity index (χ2v) is 5.78. The fourth-order valence-corrected chi connectivity index (χ4v) is 2.64. The van der Waals surface area contributed by atoms with Gasteiger partial charge in [-0.1, -0.05) is 6.92 Å². The molecule has 1 aromatic rings. The Kier molecular flexibility index (Phi) is 6.99. The van der Waals surface area contributed by atoms with Crippen LogP contribution in [0.4, 0.5) is 10.7 Å². The predicted molar refractivity (Wildman–Crippen MR) is 85.6 cm³/mol. The average molecular weight is 310 g/mol. The molecule has 6 nitrogen and oxygen atoms in total. The van der Waals surface area contributed by atoms with Gasteiger partial charge in [0.25, 0.3) is 5.91 Å². The molecule has 0 radical (unpaired) electrons. The van der Waals surface area contributed by atoms with E-state index in [1.807, 2.05) is 26.8 Å². The molecule has 0 aliphatic rings. The minimum absolute atomic E-state index is 0.158. The maximum absolute atomic E-state index is 12.0. The van der Waals surface area contributed by atoms with E-state index in [9.17, 15) is 10.1 Å². The van der Waals surface area contributed by atoms with Gasteiger partial charge in [-0.25, -0.2) is 0 Å². The van der Waals surface area contributed by atoms with Crippen molar-refractivity contribution in [3.05, 3.63) is 10.4 Å². The number of nitrogens with two attached hydrogens (primary N) is 1. The lowest BCUT2D eigenvalue weighted by Gasteiger charge is -2.08. The van der Waals surface area contributed by atoms with Crippen molar-refractivity contribution in [3.63, 3.8) is 0 Å². The molecular formula is C14H22N4O2S. The van der Waals surface area contributed by atoms with Crippen LogP contribution in [0.5, 0.6) is 0 Å². The quantitative estimate of drug-likeness (QED) is 0.639. The lowest BCUT2D eigenvalue weighted by atomic mass is 10.2. The van der Waals surface area contributed by atoms with Crippen molar-refractivity contribution in [3.8, 4) is 6.07 Å². The molecule has 0 aromatic carbocycles. The molecular weight excluding hydrogens is 288 g/mol. The number of hydrogen-bond donors (Lipinski definition) is 3. The second kappa shape index (κ2) is 8.49. The largest absolute Gasteiger partial charge is 0.396 e. The van der Waals surface area contributed by atoms with Crippen LogP contribution >= 0.6 is 11.3 Å². The number of rotatable bonds is 8. The van der Waals surface area contributed by atoms with Gasteiger partial charge in [-0.2, -0.15) is 5.26 Å². The van der Waals surface area contributed by atoms with Gasteiger partial charge in [-0.15, -0.1) is 11.3 Å². The highest BCUT2D eigenvalue weighted by Crippen LogP contribution is 2.34. The van der Waals surface area contributed by atoms with E-state index in [4.69, 9.17) is 10.5 Å². The van der Waals surface area contributed by atoms with Gasteiger partial charge in [0.2, 0.25) is 0 Å². The van der Waals surface area contributed by atoms with Crippen molar-refractivity contribution >= 4 is 27.9 Å². The molecule has 116 valence electrons. The fourth-order valence-electron chi connectivity index (χ4n) is 1.63. The third kappa shape index (κ3) is 4.92. The minimum atomic E-state index is -0.234. The van der Waals surface area contributed by atoms with Gasteiger partial charge < -0.3 is 21.1 Å². The Hall–Kier alpha value is -1.78. The number of nitrogens with one attached hydrogen (secondary N) is 2. The maximum atomic E-state index is 12.0. The first-order valence-electron chi connectivity index (χ1n) is 6.97. The van der Waals surface area contributed by atoms with Crippen LogP contribution in [0, 0.1) is 11.3 Å². The lowest BCUT2D eigenvalue weighted by molar-refractivity contribution is 0.0871. The van der Waals surface area contributed by atoms with Crippen LogP contribution in [0.1, 0.15) is 42.4 Å². The summed E-state index contributed by atoms with van der Waals surface area (Å²) in [5.74, 6) is -0.234. The highest BCUT2D eigenvalue weighted by atomic mass is 32.1. The normalized spacial score (nSPS) is 10.4. The topological polar surface area (TPSA) is 100 Å². The molecule has 0 aliphatic heterocycles. The first-order chi connectivity index (χ1) is 10.0. The highest BCUT2D eigenvalue weighted by molar-refractivity contribution is 7.18. The molecule has 1 heterocycles. The number of ether oxygens (including phenoxy) is 1. The summed E-state index contributed by atoms with van der Waals surface area (Å²) in [4.78, 5) is 12.4. The summed E-state index contributed by atoms with van der Waals surface area (Å²) in [6.45, 7) is 7.56.